The fourth-order valence-corrected chi connectivity index (χ4v) is 11.5. The lowest BCUT2D eigenvalue weighted by Gasteiger charge is -2.55. The lowest BCUT2D eigenvalue weighted by Crippen LogP contribution is -2.66. The summed E-state index contributed by atoms with van der Waals surface area (Å²) in [7, 11) is 1.89. The molecule has 1 saturated carbocycles. The third-order valence-corrected chi connectivity index (χ3v) is 14.7. The van der Waals surface area contributed by atoms with Crippen LogP contribution in [0.5, 0.6) is 5.88 Å². The van der Waals surface area contributed by atoms with Crippen molar-refractivity contribution in [1.29, 1.82) is 0 Å². The first-order chi connectivity index (χ1) is 30.1. The van der Waals surface area contributed by atoms with Crippen LogP contribution in [0.3, 0.4) is 0 Å². The van der Waals surface area contributed by atoms with Crippen molar-refractivity contribution >= 4 is 46.1 Å². The van der Waals surface area contributed by atoms with Gasteiger partial charge >= 0.3 is 0 Å². The van der Waals surface area contributed by atoms with Crippen molar-refractivity contribution in [2.24, 2.45) is 18.9 Å². The number of imide groups is 1. The maximum absolute atomic E-state index is 14.1. The maximum atomic E-state index is 14.1. The number of carbonyl (C=O) groups is 3. The summed E-state index contributed by atoms with van der Waals surface area (Å²) in [4.78, 5) is 60.9. The summed E-state index contributed by atoms with van der Waals surface area (Å²) in [5.41, 5.74) is 8.73. The number of anilines is 3. The summed E-state index contributed by atoms with van der Waals surface area (Å²) in [6.45, 7) is 9.36. The third-order valence-electron chi connectivity index (χ3n) is 14.7. The number of nitrogens with one attached hydrogen (secondary N) is 2. The molecule has 15 nitrogen and oxygen atoms in total. The predicted molar refractivity (Wildman–Crippen MR) is 235 cm³/mol. The molecule has 3 amide bonds. The molecule has 15 heteroatoms. The molecule has 1 aromatic carbocycles. The van der Waals surface area contributed by atoms with E-state index >= 15 is 0 Å². The Kier molecular flexibility index (Phi) is 9.77. The van der Waals surface area contributed by atoms with Crippen molar-refractivity contribution in [3.63, 3.8) is 0 Å². The van der Waals surface area contributed by atoms with E-state index in [1.165, 1.54) is 18.5 Å². The topological polar surface area (TPSA) is 156 Å². The van der Waals surface area contributed by atoms with E-state index in [-0.39, 0.29) is 23.6 Å². The van der Waals surface area contributed by atoms with E-state index in [4.69, 9.17) is 19.7 Å². The van der Waals surface area contributed by atoms with Crippen LogP contribution in [0, 0.1) is 25.7 Å². The molecule has 12 rings (SSSR count). The molecule has 6 fully saturated rings. The highest BCUT2D eigenvalue weighted by atomic mass is 16.5. The molecule has 5 saturated heterocycles. The zero-order valence-corrected chi connectivity index (χ0v) is 35.8. The summed E-state index contributed by atoms with van der Waals surface area (Å²) in [6.07, 6.45) is 10.5. The SMILES string of the molecule is Cc1cc2cc(n1)-c1cnn(C)c1OC[C@H]1CC[C@H](C1)Cn1c(nc3ccc(N4CC5CCC4CN5C4CCN(c5ccc(C6CCC(=O)NC6=O)nc5C)CC4)cc31)NC2=O. The molecule has 7 aliphatic rings. The van der Waals surface area contributed by atoms with Crippen LogP contribution < -0.4 is 25.2 Å². The van der Waals surface area contributed by atoms with Crippen LogP contribution in [0.15, 0.2) is 48.7 Å². The number of benzene rings is 1. The van der Waals surface area contributed by atoms with Crippen LogP contribution in [0.1, 0.15) is 91.1 Å². The minimum absolute atomic E-state index is 0.202. The van der Waals surface area contributed by atoms with Gasteiger partial charge in [-0.15, -0.1) is 0 Å². The highest BCUT2D eigenvalue weighted by Crippen LogP contribution is 2.40. The van der Waals surface area contributed by atoms with E-state index in [2.05, 4.69) is 59.3 Å². The van der Waals surface area contributed by atoms with Gasteiger partial charge in [0.1, 0.15) is 0 Å². The van der Waals surface area contributed by atoms with Crippen molar-refractivity contribution in [3.05, 3.63) is 71.3 Å². The number of rotatable bonds is 4. The minimum atomic E-state index is -0.368. The second kappa shape index (κ2) is 15.5. The first-order valence-corrected chi connectivity index (χ1v) is 22.7. The Labute approximate surface area is 361 Å². The largest absolute Gasteiger partial charge is 0.477 e. The Morgan fingerprint density at radius 3 is 2.44 bits per heavy atom. The quantitative estimate of drug-likeness (QED) is 0.213. The normalized spacial score (nSPS) is 25.8. The zero-order chi connectivity index (χ0) is 42.2. The number of piperidine rings is 4. The van der Waals surface area contributed by atoms with Crippen LogP contribution in [0.4, 0.5) is 17.3 Å². The lowest BCUT2D eigenvalue weighted by molar-refractivity contribution is -0.134. The minimum Gasteiger partial charge on any atom is -0.477 e. The van der Waals surface area contributed by atoms with E-state index in [1.54, 1.807) is 10.9 Å². The Bertz CT molecular complexity index is 2590. The molecule has 62 heavy (non-hydrogen) atoms. The first-order valence-electron chi connectivity index (χ1n) is 22.7. The van der Waals surface area contributed by atoms with Gasteiger partial charge in [0.2, 0.25) is 23.6 Å². The van der Waals surface area contributed by atoms with E-state index in [1.807, 2.05) is 39.1 Å². The number of ether oxygens (including phenoxy) is 1. The van der Waals surface area contributed by atoms with E-state index < -0.39 is 0 Å². The van der Waals surface area contributed by atoms with Crippen LogP contribution in [0.25, 0.3) is 22.3 Å². The van der Waals surface area contributed by atoms with Crippen LogP contribution in [-0.2, 0) is 23.2 Å². The Morgan fingerprint density at radius 1 is 0.790 bits per heavy atom. The number of pyridine rings is 2. The van der Waals surface area contributed by atoms with Gasteiger partial charge < -0.3 is 19.1 Å². The molecule has 0 radical (unpaired) electrons. The summed E-state index contributed by atoms with van der Waals surface area (Å²) < 4.78 is 10.5. The highest BCUT2D eigenvalue weighted by Gasteiger charge is 2.43. The maximum Gasteiger partial charge on any atom is 0.258 e. The van der Waals surface area contributed by atoms with Crippen molar-refractivity contribution < 1.29 is 19.1 Å². The number of hydrogen-bond acceptors (Lipinski definition) is 11. The van der Waals surface area contributed by atoms with Crippen LogP contribution in [-0.4, -0.2) is 103 Å². The summed E-state index contributed by atoms with van der Waals surface area (Å²) in [5, 5.41) is 10.2. The Hall–Kier alpha value is -5.83. The summed E-state index contributed by atoms with van der Waals surface area (Å²) >= 11 is 0. The lowest BCUT2D eigenvalue weighted by atomic mass is 9.87. The highest BCUT2D eigenvalue weighted by molar-refractivity contribution is 6.05. The number of fused-ring (bicyclic) bond motifs is 12. The molecule has 3 unspecified atom stereocenters. The fourth-order valence-electron chi connectivity index (χ4n) is 11.5. The third kappa shape index (κ3) is 7.07. The molecule has 10 heterocycles. The number of nitrogens with zero attached hydrogens (tertiary/aromatic N) is 9. The molecule has 4 aromatic heterocycles. The van der Waals surface area contributed by atoms with E-state index in [9.17, 15) is 14.4 Å². The van der Waals surface area contributed by atoms with Gasteiger partial charge in [-0.25, -0.2) is 9.67 Å². The van der Waals surface area contributed by atoms with Crippen molar-refractivity contribution in [3.8, 4) is 17.1 Å². The monoisotopic (exact) mass is 837 g/mol. The summed E-state index contributed by atoms with van der Waals surface area (Å²) in [6, 6.07) is 15.9. The number of imidazole rings is 1. The van der Waals surface area contributed by atoms with Gasteiger partial charge in [0.15, 0.2) is 0 Å². The van der Waals surface area contributed by atoms with Crippen LogP contribution in [0.2, 0.25) is 0 Å². The first kappa shape index (κ1) is 39.0. The smallest absolute Gasteiger partial charge is 0.258 e. The second-order valence-corrected chi connectivity index (χ2v) is 18.7. The molecule has 0 spiro atoms. The van der Waals surface area contributed by atoms with E-state index in [0.29, 0.717) is 72.5 Å². The number of aryl methyl sites for hydroxylation is 3. The van der Waals surface area contributed by atoms with Crippen molar-refractivity contribution in [1.82, 2.24) is 39.5 Å². The Balaban J connectivity index is 0.804. The molecular formula is C47H55N11O4. The molecule has 1 aliphatic carbocycles. The van der Waals surface area contributed by atoms with Crippen LogP contribution >= 0.6 is 0 Å². The van der Waals surface area contributed by atoms with Gasteiger partial charge in [0.05, 0.1) is 58.1 Å². The number of hydrogen-bond donors (Lipinski definition) is 2. The average molecular weight is 838 g/mol. The van der Waals surface area contributed by atoms with Gasteiger partial charge in [-0.1, -0.05) is 0 Å². The van der Waals surface area contributed by atoms with Gasteiger partial charge in [0, 0.05) is 81.3 Å². The predicted octanol–water partition coefficient (Wildman–Crippen LogP) is 5.75. The number of piperazine rings is 1. The Morgan fingerprint density at radius 2 is 1.63 bits per heavy atom. The van der Waals surface area contributed by atoms with Gasteiger partial charge in [-0.3, -0.25) is 39.9 Å². The molecule has 2 N–H and O–H groups in total. The zero-order valence-electron chi connectivity index (χ0n) is 35.8. The molecule has 6 aliphatic heterocycles. The summed E-state index contributed by atoms with van der Waals surface area (Å²) in [5.74, 6) is 1.10. The molecule has 322 valence electrons. The average Bonchev–Trinajstić information content (AvgIpc) is 3.98. The molecule has 5 atom stereocenters. The number of aromatic nitrogens is 6. The van der Waals surface area contributed by atoms with Crippen molar-refractivity contribution in [2.45, 2.75) is 102 Å². The number of carbonyl (C=O) groups excluding carboxylic acids is 3. The molecule has 5 aromatic rings. The fraction of sp³-hybridized carbons (Fsp3) is 0.511. The van der Waals surface area contributed by atoms with Gasteiger partial charge in [-0.2, -0.15) is 5.10 Å². The second-order valence-electron chi connectivity index (χ2n) is 18.7. The molecule has 6 bridgehead atoms. The van der Waals surface area contributed by atoms with Crippen molar-refractivity contribution in [2.75, 3.05) is 47.9 Å². The standard InChI is InChI=1S/C47H55N11O4/c1-27-18-31-20-40(49-27)37-22-48-54(3)46(37)62-26-30-5-4-29(19-30)23-58-42-21-33(8-10-39(42)51-47(58)53-44(31)60)57-25-34-6-7-35(57)24-56(34)32-14-16-55(17-15-32)41-12-11-38(50-28(41)2)36-9-13-43(59)52-45(36)61/h8,10-12,18,20-22,29-30,32,34-36H,4-7,9,13-17,19,23-26H2,1-3H3,(H,51,53,60)(H,52,59,61)/t29-,30+,34?,35?,36?/m1/s1. The van der Waals surface area contributed by atoms with Gasteiger partial charge in [-0.05, 0) is 120 Å². The molecular weight excluding hydrogens is 783 g/mol. The number of amides is 3. The van der Waals surface area contributed by atoms with E-state index in [0.717, 1.165) is 104 Å². The van der Waals surface area contributed by atoms with Gasteiger partial charge in [0.25, 0.3) is 5.91 Å².